The fourth-order valence-corrected chi connectivity index (χ4v) is 2.22. The van der Waals surface area contributed by atoms with Crippen LogP contribution in [0.3, 0.4) is 0 Å². The van der Waals surface area contributed by atoms with Crippen molar-refractivity contribution in [3.05, 3.63) is 21.6 Å². The van der Waals surface area contributed by atoms with Gasteiger partial charge < -0.3 is 10.2 Å². The molecule has 94 valence electrons. The van der Waals surface area contributed by atoms with Gasteiger partial charge in [-0.05, 0) is 26.3 Å². The minimum atomic E-state index is 0.00667. The molecule has 0 aliphatic carbocycles. The molecule has 0 spiro atoms. The van der Waals surface area contributed by atoms with Crippen LogP contribution in [-0.2, 0) is 6.42 Å². The molecule has 0 atom stereocenters. The molecule has 2 rings (SSSR count). The zero-order valence-corrected chi connectivity index (χ0v) is 10.5. The smallest absolute Gasteiger partial charge is 0.255 e. The number of aryl methyl sites for hydroxylation is 1. The summed E-state index contributed by atoms with van der Waals surface area (Å²) in [5.41, 5.74) is 1.65. The summed E-state index contributed by atoms with van der Waals surface area (Å²) in [4.78, 5) is 21.4. The van der Waals surface area contributed by atoms with Gasteiger partial charge in [0.2, 0.25) is 5.95 Å². The van der Waals surface area contributed by atoms with Crippen LogP contribution in [0.15, 0.2) is 4.79 Å². The van der Waals surface area contributed by atoms with Crippen molar-refractivity contribution in [2.75, 3.05) is 31.1 Å². The second-order valence-corrected chi connectivity index (χ2v) is 4.40. The van der Waals surface area contributed by atoms with E-state index < -0.39 is 0 Å². The van der Waals surface area contributed by atoms with Crippen LogP contribution in [0.25, 0.3) is 0 Å². The van der Waals surface area contributed by atoms with E-state index in [-0.39, 0.29) is 5.56 Å². The van der Waals surface area contributed by atoms with Crippen molar-refractivity contribution in [3.8, 4) is 0 Å². The van der Waals surface area contributed by atoms with Gasteiger partial charge >= 0.3 is 0 Å². The standard InChI is InChI=1S/C12H20N4O/c1-3-10-9(2)14-12(15-11(10)17)16-7-4-5-13-6-8-16/h13H,3-8H2,1-2H3,(H,14,15,17). The Bertz CT molecular complexity index is 433. The Morgan fingerprint density at radius 1 is 1.35 bits per heavy atom. The molecule has 1 aliphatic rings. The highest BCUT2D eigenvalue weighted by molar-refractivity contribution is 5.33. The van der Waals surface area contributed by atoms with Gasteiger partial charge in [0, 0.05) is 30.9 Å². The molecule has 5 heteroatoms. The van der Waals surface area contributed by atoms with E-state index in [0.717, 1.165) is 50.3 Å². The van der Waals surface area contributed by atoms with Crippen LogP contribution in [0.2, 0.25) is 0 Å². The van der Waals surface area contributed by atoms with Gasteiger partial charge in [0.1, 0.15) is 0 Å². The monoisotopic (exact) mass is 236 g/mol. The Balaban J connectivity index is 2.29. The predicted molar refractivity (Wildman–Crippen MR) is 68.7 cm³/mol. The van der Waals surface area contributed by atoms with Crippen LogP contribution >= 0.6 is 0 Å². The van der Waals surface area contributed by atoms with E-state index >= 15 is 0 Å². The van der Waals surface area contributed by atoms with Crippen molar-refractivity contribution in [1.82, 2.24) is 15.3 Å². The summed E-state index contributed by atoms with van der Waals surface area (Å²) in [5.74, 6) is 0.716. The maximum Gasteiger partial charge on any atom is 0.255 e. The highest BCUT2D eigenvalue weighted by Crippen LogP contribution is 2.09. The Kier molecular flexibility index (Phi) is 3.78. The molecule has 0 amide bonds. The Labute approximate surface area is 101 Å². The quantitative estimate of drug-likeness (QED) is 0.782. The molecule has 5 nitrogen and oxygen atoms in total. The van der Waals surface area contributed by atoms with Gasteiger partial charge in [-0.25, -0.2) is 4.98 Å². The summed E-state index contributed by atoms with van der Waals surface area (Å²) in [7, 11) is 0. The highest BCUT2D eigenvalue weighted by Gasteiger charge is 2.13. The average Bonchev–Trinajstić information content (AvgIpc) is 2.57. The van der Waals surface area contributed by atoms with E-state index in [1.54, 1.807) is 0 Å². The molecule has 0 saturated carbocycles. The fourth-order valence-electron chi connectivity index (χ4n) is 2.22. The summed E-state index contributed by atoms with van der Waals surface area (Å²) in [6, 6.07) is 0. The Hall–Kier alpha value is -1.36. The third kappa shape index (κ3) is 2.66. The lowest BCUT2D eigenvalue weighted by atomic mass is 10.2. The van der Waals surface area contributed by atoms with E-state index in [1.165, 1.54) is 0 Å². The second kappa shape index (κ2) is 5.31. The molecule has 0 aromatic carbocycles. The van der Waals surface area contributed by atoms with E-state index in [1.807, 2.05) is 13.8 Å². The largest absolute Gasteiger partial charge is 0.341 e. The van der Waals surface area contributed by atoms with Crippen LogP contribution < -0.4 is 15.8 Å². The second-order valence-electron chi connectivity index (χ2n) is 4.40. The molecule has 1 aromatic rings. The minimum absolute atomic E-state index is 0.00667. The number of hydrogen-bond donors (Lipinski definition) is 2. The molecule has 1 fully saturated rings. The first-order valence-electron chi connectivity index (χ1n) is 6.28. The third-order valence-corrected chi connectivity index (χ3v) is 3.20. The van der Waals surface area contributed by atoms with Gasteiger partial charge in [-0.2, -0.15) is 0 Å². The van der Waals surface area contributed by atoms with E-state index in [2.05, 4.69) is 20.2 Å². The van der Waals surface area contributed by atoms with Crippen LogP contribution in [0.4, 0.5) is 5.95 Å². The van der Waals surface area contributed by atoms with Gasteiger partial charge in [-0.3, -0.25) is 9.78 Å². The summed E-state index contributed by atoms with van der Waals surface area (Å²) >= 11 is 0. The predicted octanol–water partition coefficient (Wildman–Crippen LogP) is 0.440. The number of nitrogens with one attached hydrogen (secondary N) is 2. The summed E-state index contributed by atoms with van der Waals surface area (Å²) in [6.07, 6.45) is 1.81. The molecule has 0 bridgehead atoms. The van der Waals surface area contributed by atoms with Gasteiger partial charge in [-0.1, -0.05) is 6.92 Å². The molecule has 0 unspecified atom stereocenters. The maximum absolute atomic E-state index is 11.9. The lowest BCUT2D eigenvalue weighted by molar-refractivity contribution is 0.724. The van der Waals surface area contributed by atoms with Gasteiger partial charge in [0.15, 0.2) is 0 Å². The number of anilines is 1. The van der Waals surface area contributed by atoms with Crippen molar-refractivity contribution in [2.24, 2.45) is 0 Å². The molecule has 2 N–H and O–H groups in total. The maximum atomic E-state index is 11.9. The van der Waals surface area contributed by atoms with E-state index in [9.17, 15) is 4.79 Å². The third-order valence-electron chi connectivity index (χ3n) is 3.20. The van der Waals surface area contributed by atoms with Crippen LogP contribution in [0.1, 0.15) is 24.6 Å². The average molecular weight is 236 g/mol. The number of aromatic amines is 1. The van der Waals surface area contributed by atoms with Crippen LogP contribution in [0.5, 0.6) is 0 Å². The molecular formula is C12H20N4O. The zero-order valence-electron chi connectivity index (χ0n) is 10.5. The number of hydrogen-bond acceptors (Lipinski definition) is 4. The van der Waals surface area contributed by atoms with Gasteiger partial charge in [-0.15, -0.1) is 0 Å². The number of aromatic nitrogens is 2. The first kappa shape index (κ1) is 12.1. The van der Waals surface area contributed by atoms with Crippen molar-refractivity contribution in [3.63, 3.8) is 0 Å². The molecule has 17 heavy (non-hydrogen) atoms. The first-order chi connectivity index (χ1) is 8.22. The SMILES string of the molecule is CCc1c(C)nc(N2CCCNCC2)[nH]c1=O. The lowest BCUT2D eigenvalue weighted by Crippen LogP contribution is -2.32. The normalized spacial score (nSPS) is 16.9. The van der Waals surface area contributed by atoms with E-state index in [4.69, 9.17) is 0 Å². The van der Waals surface area contributed by atoms with Gasteiger partial charge in [0.25, 0.3) is 5.56 Å². The molecule has 1 aromatic heterocycles. The molecule has 1 aliphatic heterocycles. The minimum Gasteiger partial charge on any atom is -0.341 e. The highest BCUT2D eigenvalue weighted by atomic mass is 16.1. The number of rotatable bonds is 2. The van der Waals surface area contributed by atoms with E-state index in [0.29, 0.717) is 5.95 Å². The topological polar surface area (TPSA) is 61.0 Å². The number of H-pyrrole nitrogens is 1. The Morgan fingerprint density at radius 2 is 2.18 bits per heavy atom. The molecule has 0 radical (unpaired) electrons. The number of nitrogens with zero attached hydrogens (tertiary/aromatic N) is 2. The summed E-state index contributed by atoms with van der Waals surface area (Å²) in [6.45, 7) is 7.71. The zero-order chi connectivity index (χ0) is 12.3. The van der Waals surface area contributed by atoms with Crippen molar-refractivity contribution in [1.29, 1.82) is 0 Å². The fraction of sp³-hybridized carbons (Fsp3) is 0.667. The van der Waals surface area contributed by atoms with Crippen molar-refractivity contribution >= 4 is 5.95 Å². The van der Waals surface area contributed by atoms with Crippen molar-refractivity contribution < 1.29 is 0 Å². The lowest BCUT2D eigenvalue weighted by Gasteiger charge is -2.21. The molecule has 1 saturated heterocycles. The molecular weight excluding hydrogens is 216 g/mol. The Morgan fingerprint density at radius 3 is 2.88 bits per heavy atom. The molecule has 2 heterocycles. The summed E-state index contributed by atoms with van der Waals surface area (Å²) < 4.78 is 0. The first-order valence-corrected chi connectivity index (χ1v) is 6.28. The van der Waals surface area contributed by atoms with Crippen LogP contribution in [-0.4, -0.2) is 36.1 Å². The van der Waals surface area contributed by atoms with Crippen LogP contribution in [0, 0.1) is 6.92 Å². The summed E-state index contributed by atoms with van der Waals surface area (Å²) in [5, 5.41) is 3.34. The van der Waals surface area contributed by atoms with Gasteiger partial charge in [0.05, 0.1) is 0 Å². The van der Waals surface area contributed by atoms with Crippen molar-refractivity contribution in [2.45, 2.75) is 26.7 Å².